The fraction of sp³-hybridized carbons (Fsp3) is 0.661. The Morgan fingerprint density at radius 2 is 0.618 bits per heavy atom. The molecule has 0 saturated carbocycles. The number of carbonyl (C=O) groups excluding carboxylic acids is 3. The van der Waals surface area contributed by atoms with E-state index in [0.29, 0.717) is 19.3 Å². The number of hydrogen-bond acceptors (Lipinski definition) is 6. The summed E-state index contributed by atoms with van der Waals surface area (Å²) in [4.78, 5) is 38.0. The Kier molecular flexibility index (Phi) is 52.4. The van der Waals surface area contributed by atoms with Crippen LogP contribution < -0.4 is 0 Å². The van der Waals surface area contributed by atoms with Gasteiger partial charge in [-0.2, -0.15) is 0 Å². The normalized spacial score (nSPS) is 12.9. The lowest BCUT2D eigenvalue weighted by Crippen LogP contribution is -2.30. The second-order valence-electron chi connectivity index (χ2n) is 18.1. The van der Waals surface area contributed by atoms with Gasteiger partial charge in [-0.25, -0.2) is 0 Å². The summed E-state index contributed by atoms with van der Waals surface area (Å²) in [6.07, 6.45) is 75.2. The molecule has 0 aliphatic rings. The lowest BCUT2D eigenvalue weighted by molar-refractivity contribution is -0.166. The Labute approximate surface area is 419 Å². The van der Waals surface area contributed by atoms with Crippen molar-refractivity contribution in [1.29, 1.82) is 0 Å². The predicted molar refractivity (Wildman–Crippen MR) is 293 cm³/mol. The quantitative estimate of drug-likeness (QED) is 0.0262. The zero-order valence-electron chi connectivity index (χ0n) is 44.1. The molecule has 0 N–H and O–H groups in total. The van der Waals surface area contributed by atoms with Crippen LogP contribution in [-0.4, -0.2) is 37.2 Å². The van der Waals surface area contributed by atoms with Crippen molar-refractivity contribution in [3.8, 4) is 0 Å². The van der Waals surface area contributed by atoms with Gasteiger partial charge in [-0.3, -0.25) is 14.4 Å². The molecule has 0 aliphatic heterocycles. The van der Waals surface area contributed by atoms with Gasteiger partial charge in [0.15, 0.2) is 6.10 Å². The average molecular weight is 943 g/mol. The van der Waals surface area contributed by atoms with Gasteiger partial charge in [-0.15, -0.1) is 0 Å². The van der Waals surface area contributed by atoms with E-state index >= 15 is 0 Å². The highest BCUT2D eigenvalue weighted by Crippen LogP contribution is 2.14. The predicted octanol–water partition coefficient (Wildman–Crippen LogP) is 18.7. The first-order valence-electron chi connectivity index (χ1n) is 27.9. The van der Waals surface area contributed by atoms with Crippen LogP contribution in [0.3, 0.4) is 0 Å². The summed E-state index contributed by atoms with van der Waals surface area (Å²) < 4.78 is 16.7. The summed E-state index contributed by atoms with van der Waals surface area (Å²) in [5.74, 6) is -1.06. The summed E-state index contributed by atoms with van der Waals surface area (Å²) >= 11 is 0. The molecule has 0 radical (unpaired) electrons. The van der Waals surface area contributed by atoms with E-state index in [-0.39, 0.29) is 44.0 Å². The summed E-state index contributed by atoms with van der Waals surface area (Å²) in [5.41, 5.74) is 0. The Morgan fingerprint density at radius 1 is 0.309 bits per heavy atom. The van der Waals surface area contributed by atoms with Crippen molar-refractivity contribution in [2.24, 2.45) is 0 Å². The molecule has 0 aliphatic carbocycles. The molecule has 0 aromatic carbocycles. The Bertz CT molecular complexity index is 1410. The second kappa shape index (κ2) is 55.7. The average Bonchev–Trinajstić information content (AvgIpc) is 3.34. The summed E-state index contributed by atoms with van der Waals surface area (Å²) in [6.45, 7) is 6.41. The van der Waals surface area contributed by atoms with Gasteiger partial charge in [0.1, 0.15) is 13.2 Å². The first kappa shape index (κ1) is 64.1. The molecule has 6 nitrogen and oxygen atoms in total. The summed E-state index contributed by atoms with van der Waals surface area (Å²) in [5, 5.41) is 0. The van der Waals surface area contributed by atoms with E-state index in [1.165, 1.54) is 116 Å². The van der Waals surface area contributed by atoms with E-state index in [4.69, 9.17) is 14.2 Å². The van der Waals surface area contributed by atoms with Crippen LogP contribution in [-0.2, 0) is 28.6 Å². The van der Waals surface area contributed by atoms with Crippen LogP contribution in [0.2, 0.25) is 0 Å². The largest absolute Gasteiger partial charge is 0.462 e. The van der Waals surface area contributed by atoms with Crippen molar-refractivity contribution in [2.45, 2.75) is 252 Å². The van der Waals surface area contributed by atoms with E-state index in [9.17, 15) is 14.4 Å². The lowest BCUT2D eigenvalue weighted by Gasteiger charge is -2.18. The van der Waals surface area contributed by atoms with E-state index in [2.05, 4.69) is 118 Å². The van der Waals surface area contributed by atoms with Crippen LogP contribution in [0.15, 0.2) is 109 Å². The van der Waals surface area contributed by atoms with Crippen LogP contribution in [0.25, 0.3) is 0 Å². The van der Waals surface area contributed by atoms with E-state index < -0.39 is 6.10 Å². The van der Waals surface area contributed by atoms with Gasteiger partial charge in [-0.1, -0.05) is 246 Å². The minimum atomic E-state index is -0.829. The molecule has 0 fully saturated rings. The second-order valence-corrected chi connectivity index (χ2v) is 18.1. The highest BCUT2D eigenvalue weighted by Gasteiger charge is 2.19. The maximum Gasteiger partial charge on any atom is 0.306 e. The van der Waals surface area contributed by atoms with Crippen LogP contribution in [0, 0.1) is 0 Å². The Hall–Kier alpha value is -3.93. The van der Waals surface area contributed by atoms with E-state index in [1.54, 1.807) is 0 Å². The molecule has 68 heavy (non-hydrogen) atoms. The SMILES string of the molecule is CC/C=C/C/C=C/C/C=C\C/C=C/C/C=C/C/C=C/CCC(=O)OCC(COC(=O)CCC/C=C/C/C=C/C/C=C/CCCCCCCCC)OC(=O)CCCCCCCCCCCCCCC. The Balaban J connectivity index is 4.56. The molecule has 0 saturated heterocycles. The van der Waals surface area contributed by atoms with Crippen LogP contribution in [0.5, 0.6) is 0 Å². The standard InChI is InChI=1S/C62H102O6/c1-4-7-10-13-16-19-22-25-27-29-31-33-35-38-40-43-46-49-52-55-61(64)67-58-59(68-62(65)56-53-50-47-44-41-36-24-21-18-15-12-9-6-3)57-66-60(63)54-51-48-45-42-39-37-34-32-30-28-26-23-20-17-14-11-8-5-2/h7,10,16,19,25,27-28,30-31,33-34,37-38,40,42,45-46,49,59H,4-6,8-9,11-15,17-18,20-24,26,29,32,35-36,39,41,43-44,47-48,50-58H2,1-3H3/b10-7+,19-16+,27-25-,30-28+,33-31+,37-34+,40-38+,45-42+,49-46+. The molecular formula is C62H102O6. The molecule has 0 spiro atoms. The number of unbranched alkanes of at least 4 members (excludes halogenated alkanes) is 20. The number of rotatable bonds is 49. The van der Waals surface area contributed by atoms with Crippen molar-refractivity contribution >= 4 is 17.9 Å². The fourth-order valence-corrected chi connectivity index (χ4v) is 7.37. The van der Waals surface area contributed by atoms with Gasteiger partial charge in [0.2, 0.25) is 0 Å². The molecule has 0 aromatic rings. The summed E-state index contributed by atoms with van der Waals surface area (Å²) in [6, 6.07) is 0. The molecule has 0 aromatic heterocycles. The molecule has 0 amide bonds. The molecular weight excluding hydrogens is 841 g/mol. The first-order valence-corrected chi connectivity index (χ1v) is 27.9. The van der Waals surface area contributed by atoms with Gasteiger partial charge in [0, 0.05) is 19.3 Å². The van der Waals surface area contributed by atoms with Crippen molar-refractivity contribution in [3.05, 3.63) is 109 Å². The van der Waals surface area contributed by atoms with Crippen molar-refractivity contribution in [2.75, 3.05) is 13.2 Å². The smallest absolute Gasteiger partial charge is 0.306 e. The molecule has 0 heterocycles. The molecule has 0 bridgehead atoms. The molecule has 6 heteroatoms. The molecule has 1 unspecified atom stereocenters. The minimum absolute atomic E-state index is 0.127. The van der Waals surface area contributed by atoms with Gasteiger partial charge in [0.25, 0.3) is 0 Å². The Morgan fingerprint density at radius 3 is 1.03 bits per heavy atom. The molecule has 0 rings (SSSR count). The third-order valence-corrected chi connectivity index (χ3v) is 11.5. The highest BCUT2D eigenvalue weighted by atomic mass is 16.6. The molecule has 1 atom stereocenters. The third kappa shape index (κ3) is 53.0. The van der Waals surface area contributed by atoms with Gasteiger partial charge in [0.05, 0.1) is 0 Å². The summed E-state index contributed by atoms with van der Waals surface area (Å²) in [7, 11) is 0. The van der Waals surface area contributed by atoms with Crippen LogP contribution in [0.1, 0.15) is 245 Å². The monoisotopic (exact) mass is 943 g/mol. The topological polar surface area (TPSA) is 78.9 Å². The maximum absolute atomic E-state index is 12.8. The zero-order valence-corrected chi connectivity index (χ0v) is 44.1. The maximum atomic E-state index is 12.8. The van der Waals surface area contributed by atoms with Crippen molar-refractivity contribution < 1.29 is 28.6 Å². The number of hydrogen-bond donors (Lipinski definition) is 0. The minimum Gasteiger partial charge on any atom is -0.462 e. The molecule has 386 valence electrons. The zero-order chi connectivity index (χ0) is 49.3. The fourth-order valence-electron chi connectivity index (χ4n) is 7.37. The number of carbonyl (C=O) groups is 3. The van der Waals surface area contributed by atoms with Crippen LogP contribution >= 0.6 is 0 Å². The van der Waals surface area contributed by atoms with Crippen molar-refractivity contribution in [1.82, 2.24) is 0 Å². The number of ether oxygens (including phenoxy) is 3. The van der Waals surface area contributed by atoms with E-state index in [1.807, 2.05) is 12.2 Å². The van der Waals surface area contributed by atoms with Gasteiger partial charge < -0.3 is 14.2 Å². The van der Waals surface area contributed by atoms with E-state index in [0.717, 1.165) is 77.0 Å². The van der Waals surface area contributed by atoms with Crippen molar-refractivity contribution in [3.63, 3.8) is 0 Å². The number of allylic oxidation sites excluding steroid dienone is 18. The van der Waals surface area contributed by atoms with Gasteiger partial charge in [-0.05, 0) is 89.9 Å². The third-order valence-electron chi connectivity index (χ3n) is 11.5. The first-order chi connectivity index (χ1) is 33.5. The van der Waals surface area contributed by atoms with Crippen LogP contribution in [0.4, 0.5) is 0 Å². The van der Waals surface area contributed by atoms with Gasteiger partial charge >= 0.3 is 17.9 Å². The number of esters is 3. The highest BCUT2D eigenvalue weighted by molar-refractivity contribution is 5.71. The lowest BCUT2D eigenvalue weighted by atomic mass is 10.0.